The van der Waals surface area contributed by atoms with Crippen LogP contribution in [-0.2, 0) is 0 Å². The molecular formula is C61H124O64. The van der Waals surface area contributed by atoms with Crippen LogP contribution in [0.15, 0.2) is 0 Å². The molecule has 0 aromatic carbocycles. The fraction of sp³-hybridized carbons (Fsp3) is 1.00. The van der Waals surface area contributed by atoms with Crippen LogP contribution in [-0.4, -0.2) is 528 Å². The summed E-state index contributed by atoms with van der Waals surface area (Å²) in [4.78, 5) is 0. The summed E-state index contributed by atoms with van der Waals surface area (Å²) in [6, 6.07) is 0. The number of hydrogen-bond acceptors (Lipinski definition) is 64. The predicted octanol–water partition coefficient (Wildman–Crippen LogP) is -34.8. The Balaban J connectivity index is 18.2. The minimum Gasteiger partial charge on any atom is -0.368 e. The topological polar surface area (TPSA) is 1290 Å². The van der Waals surface area contributed by atoms with Crippen LogP contribution in [0.4, 0.5) is 0 Å². The molecule has 0 aromatic rings. The van der Waals surface area contributed by atoms with Crippen LogP contribution in [0.3, 0.4) is 0 Å². The summed E-state index contributed by atoms with van der Waals surface area (Å²) >= 11 is 0. The van der Waals surface area contributed by atoms with E-state index in [4.69, 9.17) is 0 Å². The van der Waals surface area contributed by atoms with Gasteiger partial charge in [0.1, 0.15) is 0 Å². The summed E-state index contributed by atoms with van der Waals surface area (Å²) in [6.07, 6.45) is -157. The normalized spacial score (nSPS) is 14.9. The fourth-order valence-corrected chi connectivity index (χ4v) is 19.7. The Hall–Kier alpha value is -2.56. The van der Waals surface area contributed by atoms with E-state index in [0.717, 1.165) is 0 Å². The summed E-state index contributed by atoms with van der Waals surface area (Å²) in [5.74, 6) is -149. The van der Waals surface area contributed by atoms with Gasteiger partial charge in [-0.3, -0.25) is 0 Å². The second-order valence-electron chi connectivity index (χ2n) is 30.2. The lowest BCUT2D eigenvalue weighted by Gasteiger charge is -2.73. The molecule has 0 fully saturated rings. The lowest BCUT2D eigenvalue weighted by molar-refractivity contribution is -0.376. The van der Waals surface area contributed by atoms with Gasteiger partial charge in [0.05, 0.1) is 94.7 Å². The molecule has 0 saturated heterocycles. The SMILES string of the molecule is OC(O)C(C(O)O)C(C(C(O)O)C(O)O)C(C(C(C(O)O)C(O)O)C(C(O)O)C(O)O)C(C(C(C(C(O)O)C(O)O)C(C(O)O)C(O)O)C(C(C(O)O)C(O)O)C(C(O)O)C(O)O)(C(C(C(C(O)O)C(O)O)C(C(O)O)C(O)O)C(C(C(O)O)C(O)O)C(C(O)O)C(O)O)C(C(C(C(O)O)C(O)O)C(C(O)O)C(O)O)C(C(C(O)O)C(O)O)C(C(O)O)C(O)O. The van der Waals surface area contributed by atoms with Crippen molar-refractivity contribution in [3.63, 3.8) is 0 Å². The molecule has 64 N–H and O–H groups in total. The maximum atomic E-state index is 12.2. The Morgan fingerprint density at radius 1 is 0.0640 bits per heavy atom. The number of hydrogen-bond donors (Lipinski definition) is 64. The van der Waals surface area contributed by atoms with Crippen molar-refractivity contribution >= 4 is 0 Å². The van der Waals surface area contributed by atoms with E-state index in [9.17, 15) is 327 Å². The van der Waals surface area contributed by atoms with Crippen molar-refractivity contribution in [2.45, 2.75) is 201 Å². The van der Waals surface area contributed by atoms with E-state index in [1.807, 2.05) is 0 Å². The van der Waals surface area contributed by atoms with Gasteiger partial charge in [-0.2, -0.15) is 0 Å². The highest BCUT2D eigenvalue weighted by Gasteiger charge is 2.79. The van der Waals surface area contributed by atoms with Crippen molar-refractivity contribution in [3.05, 3.63) is 0 Å². The van der Waals surface area contributed by atoms with Crippen LogP contribution >= 0.6 is 0 Å². The lowest BCUT2D eigenvalue weighted by Crippen LogP contribution is -2.76. The molecule has 0 unspecified atom stereocenters. The quantitative estimate of drug-likeness (QED) is 0.0251. The molecule has 64 heteroatoms. The summed E-state index contributed by atoms with van der Waals surface area (Å²) in [6.45, 7) is 0. The van der Waals surface area contributed by atoms with E-state index in [2.05, 4.69) is 0 Å². The molecule has 0 atom stereocenters. The van der Waals surface area contributed by atoms with Gasteiger partial charge in [0, 0.05) is 0 Å². The molecular weight excluding hydrogens is 1760 g/mol. The molecule has 0 spiro atoms. The minimum absolute atomic E-state index is 4.92. The van der Waals surface area contributed by atoms with Gasteiger partial charge in [0.25, 0.3) is 0 Å². The first kappa shape index (κ1) is 122. The molecule has 0 bridgehead atoms. The third-order valence-corrected chi connectivity index (χ3v) is 23.8. The highest BCUT2D eigenvalue weighted by atomic mass is 16.6. The monoisotopic (exact) mass is 1880 g/mol. The van der Waals surface area contributed by atoms with E-state index in [-0.39, 0.29) is 0 Å². The molecule has 0 aliphatic rings. The third-order valence-electron chi connectivity index (χ3n) is 23.8. The predicted molar refractivity (Wildman–Crippen MR) is 363 cm³/mol. The average Bonchev–Trinajstić information content (AvgIpc) is 0.666. The van der Waals surface area contributed by atoms with Crippen molar-refractivity contribution in [1.29, 1.82) is 0 Å². The van der Waals surface area contributed by atoms with E-state index in [1.165, 1.54) is 0 Å². The van der Waals surface area contributed by atoms with Gasteiger partial charge in [-0.15, -0.1) is 0 Å². The lowest BCUT2D eigenvalue weighted by atomic mass is 9.31. The zero-order valence-corrected chi connectivity index (χ0v) is 63.8. The van der Waals surface area contributed by atoms with Crippen molar-refractivity contribution < 1.29 is 327 Å². The molecule has 0 aromatic heterocycles. The number of aliphatic hydroxyl groups is 64. The summed E-state index contributed by atoms with van der Waals surface area (Å²) in [7, 11) is 0. The summed E-state index contributed by atoms with van der Waals surface area (Å²) in [5, 5.41) is 779. The Morgan fingerprint density at radius 2 is 0.104 bits per heavy atom. The second-order valence-corrected chi connectivity index (χ2v) is 30.2. The van der Waals surface area contributed by atoms with E-state index in [0.29, 0.717) is 0 Å². The van der Waals surface area contributed by atoms with Gasteiger partial charge < -0.3 is 327 Å². The molecule has 752 valence electrons. The second kappa shape index (κ2) is 52.3. The Morgan fingerprint density at radius 3 is 0.136 bits per heavy atom. The van der Waals surface area contributed by atoms with Crippen LogP contribution in [0, 0.1) is 171 Å². The third kappa shape index (κ3) is 28.8. The Labute approximate surface area is 697 Å². The smallest absolute Gasteiger partial charge is 0.159 e. The van der Waals surface area contributed by atoms with Crippen molar-refractivity contribution in [3.8, 4) is 0 Å². The van der Waals surface area contributed by atoms with Gasteiger partial charge >= 0.3 is 0 Å². The zero-order chi connectivity index (χ0) is 99.1. The molecule has 0 aliphatic carbocycles. The minimum atomic E-state index is -7.54. The van der Waals surface area contributed by atoms with Crippen LogP contribution in [0.2, 0.25) is 0 Å². The van der Waals surface area contributed by atoms with Crippen molar-refractivity contribution in [2.75, 3.05) is 0 Å². The molecule has 125 heavy (non-hydrogen) atoms. The fourth-order valence-electron chi connectivity index (χ4n) is 19.7. The largest absolute Gasteiger partial charge is 0.368 e. The van der Waals surface area contributed by atoms with Gasteiger partial charge in [0.15, 0.2) is 201 Å². The average molecular weight is 1880 g/mol. The van der Waals surface area contributed by atoms with Gasteiger partial charge in [-0.05, 0) is 76.4 Å². The van der Waals surface area contributed by atoms with Crippen molar-refractivity contribution in [2.24, 2.45) is 171 Å². The first-order valence-electron chi connectivity index (χ1n) is 36.3. The highest BCUT2D eigenvalue weighted by molar-refractivity contribution is 5.22. The first-order chi connectivity index (χ1) is 56.8. The maximum absolute atomic E-state index is 12.2. The van der Waals surface area contributed by atoms with E-state index >= 15 is 0 Å². The van der Waals surface area contributed by atoms with Crippen LogP contribution in [0.5, 0.6) is 0 Å². The molecule has 0 heterocycles. The van der Waals surface area contributed by atoms with Gasteiger partial charge in [-0.1, -0.05) is 0 Å². The molecule has 0 radical (unpaired) electrons. The Kier molecular flexibility index (Phi) is 51.3. The number of rotatable bonds is 60. The van der Waals surface area contributed by atoms with E-state index < -0.39 is 372 Å². The van der Waals surface area contributed by atoms with Gasteiger partial charge in [-0.25, -0.2) is 0 Å². The first-order valence-corrected chi connectivity index (χ1v) is 36.3. The van der Waals surface area contributed by atoms with E-state index in [1.54, 1.807) is 0 Å². The zero-order valence-electron chi connectivity index (χ0n) is 63.8. The molecule has 64 nitrogen and oxygen atoms in total. The standard InChI is InChI=1S/C61H124O64/c62-29(63)9(30(64)65)1(10(31(66)67)32(68)69)25(2(11(33(70)71)34(72)73)12(35(74)75)36(76)77)61(26(3(13(37(78)79)38(80)81)14(39(82)83)40(84)85)4(15(41(86)87)42(88)89)16(43(90)91)44(92)93,27(5(17(45(94)95)46(96)97)18(47(98)99)48(100)101)6(19(49(102)103)50(104)105)20(51(106)107)52(108)109)28(7(21(53(110)111)54(112)113)22(55(114)115)56(116)117)8(23(57(118)119)58(120)121)24(59(122)123)60(124)125/h1-60,62-125H. The van der Waals surface area contributed by atoms with Crippen LogP contribution in [0.1, 0.15) is 0 Å². The maximum Gasteiger partial charge on any atom is 0.159 e. The van der Waals surface area contributed by atoms with Gasteiger partial charge in [0.2, 0.25) is 0 Å². The molecule has 0 rings (SSSR count). The highest BCUT2D eigenvalue weighted by Crippen LogP contribution is 2.76. The van der Waals surface area contributed by atoms with Crippen LogP contribution in [0.25, 0.3) is 0 Å². The Bertz CT molecular complexity index is 2030. The molecule has 0 saturated carbocycles. The summed E-state index contributed by atoms with van der Waals surface area (Å²) < 4.78 is 0. The van der Waals surface area contributed by atoms with Crippen LogP contribution < -0.4 is 0 Å². The number of aliphatic hydroxyl groups excluding tert-OH is 32. The molecule has 0 amide bonds. The summed E-state index contributed by atoms with van der Waals surface area (Å²) in [5.41, 5.74) is -7.54. The van der Waals surface area contributed by atoms with Crippen molar-refractivity contribution in [1.82, 2.24) is 0 Å². The molecule has 0 aliphatic heterocycles.